The van der Waals surface area contributed by atoms with Crippen LogP contribution in [0.4, 0.5) is 4.79 Å². The van der Waals surface area contributed by atoms with Crippen LogP contribution >= 0.6 is 0 Å². The second-order valence-electron chi connectivity index (χ2n) is 8.75. The van der Waals surface area contributed by atoms with E-state index in [4.69, 9.17) is 19.4 Å². The summed E-state index contributed by atoms with van der Waals surface area (Å²) < 4.78 is 11.3. The zero-order valence-corrected chi connectivity index (χ0v) is 17.8. The highest BCUT2D eigenvalue weighted by atomic mass is 16.7. The molecule has 2 heterocycles. The normalized spacial score (nSPS) is 19.8. The number of rotatable bonds is 6. The first-order valence-electron chi connectivity index (χ1n) is 10.4. The van der Waals surface area contributed by atoms with Crippen LogP contribution in [-0.4, -0.2) is 59.2 Å². The Kier molecular flexibility index (Phi) is 6.84. The number of piperidine rings is 1. The fraction of sp³-hybridized carbons (Fsp3) is 0.591. The highest BCUT2D eigenvalue weighted by Crippen LogP contribution is 2.24. The van der Waals surface area contributed by atoms with Gasteiger partial charge in [0.15, 0.2) is 0 Å². The minimum Gasteiger partial charge on any atom is -0.494 e. The number of carbonyl (C=O) groups excluding carboxylic acids is 1. The predicted octanol–water partition coefficient (Wildman–Crippen LogP) is 3.68. The third kappa shape index (κ3) is 6.11. The molecule has 1 unspecified atom stereocenters. The van der Waals surface area contributed by atoms with Crippen LogP contribution < -0.4 is 4.74 Å². The van der Waals surface area contributed by atoms with Crippen LogP contribution in [0, 0.1) is 5.92 Å². The summed E-state index contributed by atoms with van der Waals surface area (Å²) >= 11 is 0. The third-order valence-electron chi connectivity index (χ3n) is 5.19. The summed E-state index contributed by atoms with van der Waals surface area (Å²) in [6.07, 6.45) is 1.96. The Labute approximate surface area is 176 Å². The van der Waals surface area contributed by atoms with Crippen molar-refractivity contribution in [2.75, 3.05) is 19.7 Å². The molecule has 0 aliphatic carbocycles. The van der Waals surface area contributed by atoms with Gasteiger partial charge in [-0.1, -0.05) is 5.16 Å². The van der Waals surface area contributed by atoms with Crippen molar-refractivity contribution in [3.8, 4) is 5.75 Å². The van der Waals surface area contributed by atoms with Crippen LogP contribution in [0.2, 0.25) is 0 Å². The number of hydrogen-bond acceptors (Lipinski definition) is 6. The Bertz CT molecular complexity index is 776. The lowest BCUT2D eigenvalue weighted by Crippen LogP contribution is -2.41. The molecule has 2 aliphatic rings. The molecule has 0 saturated carbocycles. The SMILES string of the molecule is CC(C)(C)OC(=O)N1CCC(CCOc2ccc(C3=NOC(C(=O)O)C3)cc2)CC1. The molecular weight excluding hydrogens is 388 g/mol. The number of nitrogens with zero attached hydrogens (tertiary/aromatic N) is 2. The van der Waals surface area contributed by atoms with Crippen molar-refractivity contribution in [1.82, 2.24) is 4.90 Å². The molecule has 1 aromatic carbocycles. The lowest BCUT2D eigenvalue weighted by atomic mass is 9.94. The number of oxime groups is 1. The first-order valence-corrected chi connectivity index (χ1v) is 10.4. The highest BCUT2D eigenvalue weighted by Gasteiger charge is 2.28. The van der Waals surface area contributed by atoms with Crippen LogP contribution in [0.15, 0.2) is 29.4 Å². The predicted molar refractivity (Wildman–Crippen MR) is 111 cm³/mol. The molecule has 8 heteroatoms. The van der Waals surface area contributed by atoms with E-state index in [9.17, 15) is 9.59 Å². The molecule has 1 amide bonds. The smallest absolute Gasteiger partial charge is 0.410 e. The lowest BCUT2D eigenvalue weighted by Gasteiger charge is -2.33. The first-order chi connectivity index (χ1) is 14.2. The maximum atomic E-state index is 12.1. The molecule has 8 nitrogen and oxygen atoms in total. The van der Waals surface area contributed by atoms with E-state index in [0.29, 0.717) is 18.2 Å². The topological polar surface area (TPSA) is 97.7 Å². The summed E-state index contributed by atoms with van der Waals surface area (Å²) in [6, 6.07) is 7.44. The molecular formula is C22H30N2O6. The molecule has 30 heavy (non-hydrogen) atoms. The van der Waals surface area contributed by atoms with Gasteiger partial charge in [0.1, 0.15) is 11.4 Å². The van der Waals surface area contributed by atoms with Crippen molar-refractivity contribution in [3.63, 3.8) is 0 Å². The number of aliphatic carboxylic acids is 1. The number of carboxylic acid groups (broad SMARTS) is 1. The Balaban J connectivity index is 1.37. The summed E-state index contributed by atoms with van der Waals surface area (Å²) in [5.41, 5.74) is 0.999. The van der Waals surface area contributed by atoms with Gasteiger partial charge in [-0.2, -0.15) is 0 Å². The molecule has 1 N–H and O–H groups in total. The average molecular weight is 418 g/mol. The van der Waals surface area contributed by atoms with E-state index in [1.807, 2.05) is 45.0 Å². The van der Waals surface area contributed by atoms with Crippen molar-refractivity contribution in [2.24, 2.45) is 11.1 Å². The summed E-state index contributed by atoms with van der Waals surface area (Å²) in [6.45, 7) is 7.68. The van der Waals surface area contributed by atoms with Crippen LogP contribution in [0.25, 0.3) is 0 Å². The highest BCUT2D eigenvalue weighted by molar-refractivity contribution is 6.03. The molecule has 0 bridgehead atoms. The summed E-state index contributed by atoms with van der Waals surface area (Å²) in [5, 5.41) is 12.8. The van der Waals surface area contributed by atoms with Gasteiger partial charge in [0.2, 0.25) is 6.10 Å². The van der Waals surface area contributed by atoms with E-state index in [0.717, 1.165) is 43.7 Å². The lowest BCUT2D eigenvalue weighted by molar-refractivity contribution is -0.148. The van der Waals surface area contributed by atoms with Gasteiger partial charge in [-0.25, -0.2) is 9.59 Å². The monoisotopic (exact) mass is 418 g/mol. The molecule has 0 spiro atoms. The van der Waals surface area contributed by atoms with Gasteiger partial charge >= 0.3 is 12.1 Å². The van der Waals surface area contributed by atoms with Gasteiger partial charge in [0.05, 0.1) is 12.3 Å². The van der Waals surface area contributed by atoms with Gasteiger partial charge in [-0.15, -0.1) is 0 Å². The molecule has 3 rings (SSSR count). The zero-order valence-electron chi connectivity index (χ0n) is 17.8. The molecule has 1 aromatic rings. The van der Waals surface area contributed by atoms with E-state index < -0.39 is 17.7 Å². The number of carbonyl (C=O) groups is 2. The summed E-state index contributed by atoms with van der Waals surface area (Å²) in [4.78, 5) is 29.8. The Hall–Kier alpha value is -2.77. The van der Waals surface area contributed by atoms with E-state index in [2.05, 4.69) is 5.16 Å². The van der Waals surface area contributed by atoms with Crippen LogP contribution in [0.1, 0.15) is 52.0 Å². The van der Waals surface area contributed by atoms with E-state index in [1.54, 1.807) is 4.90 Å². The Morgan fingerprint density at radius 2 is 1.87 bits per heavy atom. The number of likely N-dealkylation sites (tertiary alicyclic amines) is 1. The maximum Gasteiger partial charge on any atom is 0.410 e. The number of ether oxygens (including phenoxy) is 2. The zero-order chi connectivity index (χ0) is 21.7. The summed E-state index contributed by atoms with van der Waals surface area (Å²) in [5.74, 6) is 0.283. The van der Waals surface area contributed by atoms with Gasteiger partial charge in [-0.3, -0.25) is 0 Å². The second-order valence-corrected chi connectivity index (χ2v) is 8.75. The van der Waals surface area contributed by atoms with Crippen LogP contribution in [-0.2, 0) is 14.4 Å². The fourth-order valence-electron chi connectivity index (χ4n) is 3.50. The number of benzene rings is 1. The molecule has 1 saturated heterocycles. The van der Waals surface area contributed by atoms with Crippen molar-refractivity contribution in [1.29, 1.82) is 0 Å². The van der Waals surface area contributed by atoms with Crippen LogP contribution in [0.5, 0.6) is 5.75 Å². The van der Waals surface area contributed by atoms with E-state index in [1.165, 1.54) is 0 Å². The Morgan fingerprint density at radius 1 is 1.20 bits per heavy atom. The molecule has 1 atom stereocenters. The van der Waals surface area contributed by atoms with Crippen LogP contribution in [0.3, 0.4) is 0 Å². The van der Waals surface area contributed by atoms with E-state index in [-0.39, 0.29) is 12.5 Å². The van der Waals surface area contributed by atoms with Crippen molar-refractivity contribution < 1.29 is 29.0 Å². The second kappa shape index (κ2) is 9.36. The van der Waals surface area contributed by atoms with Crippen molar-refractivity contribution in [2.45, 2.75) is 58.2 Å². The minimum absolute atomic E-state index is 0.232. The minimum atomic E-state index is -1.01. The molecule has 0 radical (unpaired) electrons. The average Bonchev–Trinajstić information content (AvgIpc) is 3.18. The number of amides is 1. The quantitative estimate of drug-likeness (QED) is 0.757. The van der Waals surface area contributed by atoms with Gasteiger partial charge < -0.3 is 24.3 Å². The van der Waals surface area contributed by atoms with Crippen molar-refractivity contribution in [3.05, 3.63) is 29.8 Å². The largest absolute Gasteiger partial charge is 0.494 e. The Morgan fingerprint density at radius 3 is 2.43 bits per heavy atom. The number of carboxylic acids is 1. The fourth-order valence-corrected chi connectivity index (χ4v) is 3.50. The first kappa shape index (κ1) is 21.9. The molecule has 1 fully saturated rings. The van der Waals surface area contributed by atoms with E-state index >= 15 is 0 Å². The molecule has 164 valence electrons. The number of hydrogen-bond donors (Lipinski definition) is 1. The van der Waals surface area contributed by atoms with Gasteiger partial charge in [0, 0.05) is 19.5 Å². The standard InChI is InChI=1S/C22H30N2O6/c1-22(2,3)29-21(27)24-11-8-15(9-12-24)10-13-28-17-6-4-16(5-7-17)18-14-19(20(25)26)30-23-18/h4-7,15,19H,8-14H2,1-3H3,(H,25,26). The molecule has 0 aromatic heterocycles. The van der Waals surface area contributed by atoms with Gasteiger partial charge in [-0.05, 0) is 75.8 Å². The van der Waals surface area contributed by atoms with Gasteiger partial charge in [0.25, 0.3) is 0 Å². The molecule has 2 aliphatic heterocycles. The third-order valence-corrected chi connectivity index (χ3v) is 5.19. The van der Waals surface area contributed by atoms with Crippen molar-refractivity contribution >= 4 is 17.8 Å². The maximum absolute atomic E-state index is 12.1. The summed E-state index contributed by atoms with van der Waals surface area (Å²) in [7, 11) is 0.